The second-order valence-electron chi connectivity index (χ2n) is 5.35. The molecule has 3 aromatic rings. The number of anilines is 2. The number of hydrogen-bond acceptors (Lipinski definition) is 9. The molecule has 6 N–H and O–H groups in total. The van der Waals surface area contributed by atoms with E-state index in [0.717, 1.165) is 0 Å². The normalized spacial score (nSPS) is 10.9. The Labute approximate surface area is 142 Å². The zero-order valence-corrected chi connectivity index (χ0v) is 13.3. The maximum Gasteiger partial charge on any atom is 0.243 e. The third kappa shape index (κ3) is 3.45. The molecule has 3 rings (SSSR count). The minimum absolute atomic E-state index is 0.166. The average molecular weight is 343 g/mol. The second kappa shape index (κ2) is 7.05. The number of nitrogens with one attached hydrogen (secondary N) is 1. The summed E-state index contributed by atoms with van der Waals surface area (Å²) >= 11 is 0. The number of nitrogens with zero attached hydrogens (tertiary/aromatic N) is 6. The Morgan fingerprint density at radius 3 is 2.64 bits per heavy atom. The highest BCUT2D eigenvalue weighted by Gasteiger charge is 2.17. The third-order valence-electron chi connectivity index (χ3n) is 3.65. The molecule has 11 heteroatoms. The van der Waals surface area contributed by atoms with E-state index < -0.39 is 5.91 Å². The minimum Gasteiger partial charge on any atom is -0.383 e. The molecule has 1 amide bonds. The van der Waals surface area contributed by atoms with Gasteiger partial charge in [0, 0.05) is 30.9 Å². The highest BCUT2D eigenvalue weighted by Crippen LogP contribution is 2.29. The van der Waals surface area contributed by atoms with E-state index in [0.29, 0.717) is 47.5 Å². The fourth-order valence-corrected chi connectivity index (χ4v) is 2.45. The smallest absolute Gasteiger partial charge is 0.243 e. The maximum atomic E-state index is 11.1. The molecule has 0 aliphatic carbocycles. The molecule has 3 heterocycles. The molecule has 0 spiro atoms. The van der Waals surface area contributed by atoms with E-state index in [1.54, 1.807) is 22.6 Å². The van der Waals surface area contributed by atoms with Crippen LogP contribution in [0, 0.1) is 0 Å². The van der Waals surface area contributed by atoms with Crippen LogP contribution in [0.1, 0.15) is 19.3 Å². The van der Waals surface area contributed by atoms with Crippen molar-refractivity contribution < 1.29 is 10.0 Å². The Morgan fingerprint density at radius 2 is 1.92 bits per heavy atom. The van der Waals surface area contributed by atoms with Crippen molar-refractivity contribution in [3.05, 3.63) is 18.7 Å². The fourth-order valence-electron chi connectivity index (χ4n) is 2.45. The number of amides is 1. The summed E-state index contributed by atoms with van der Waals surface area (Å²) in [7, 11) is 0. The van der Waals surface area contributed by atoms with Gasteiger partial charge in [-0.3, -0.25) is 10.0 Å². The molecular formula is C14H17N9O2. The summed E-state index contributed by atoms with van der Waals surface area (Å²) in [5.41, 5.74) is 14.9. The lowest BCUT2D eigenvalue weighted by atomic mass is 10.2. The van der Waals surface area contributed by atoms with E-state index in [-0.39, 0.29) is 12.4 Å². The summed E-state index contributed by atoms with van der Waals surface area (Å²) in [6.45, 7) is 0.529. The average Bonchev–Trinajstić information content (AvgIpc) is 2.99. The van der Waals surface area contributed by atoms with Gasteiger partial charge in [0.2, 0.25) is 11.9 Å². The molecule has 0 fully saturated rings. The van der Waals surface area contributed by atoms with Crippen LogP contribution in [0.2, 0.25) is 0 Å². The topological polar surface area (TPSA) is 171 Å². The summed E-state index contributed by atoms with van der Waals surface area (Å²) in [6, 6.07) is 0. The van der Waals surface area contributed by atoms with E-state index in [4.69, 9.17) is 16.7 Å². The van der Waals surface area contributed by atoms with Gasteiger partial charge in [-0.15, -0.1) is 0 Å². The largest absolute Gasteiger partial charge is 0.383 e. The van der Waals surface area contributed by atoms with Crippen molar-refractivity contribution in [2.45, 2.75) is 25.8 Å². The molecule has 3 aromatic heterocycles. The lowest BCUT2D eigenvalue weighted by Crippen LogP contribution is -2.18. The molecule has 0 aliphatic rings. The van der Waals surface area contributed by atoms with E-state index in [2.05, 4.69) is 25.0 Å². The number of hydroxylamine groups is 1. The van der Waals surface area contributed by atoms with Crippen LogP contribution < -0.4 is 16.9 Å². The van der Waals surface area contributed by atoms with Crippen LogP contribution >= 0.6 is 0 Å². The van der Waals surface area contributed by atoms with Crippen molar-refractivity contribution in [3.63, 3.8) is 0 Å². The highest BCUT2D eigenvalue weighted by molar-refractivity contribution is 5.97. The van der Waals surface area contributed by atoms with Gasteiger partial charge in [0.15, 0.2) is 5.65 Å². The molecule has 25 heavy (non-hydrogen) atoms. The lowest BCUT2D eigenvalue weighted by molar-refractivity contribution is -0.129. The van der Waals surface area contributed by atoms with Crippen molar-refractivity contribution >= 4 is 28.7 Å². The first-order valence-corrected chi connectivity index (χ1v) is 7.58. The van der Waals surface area contributed by atoms with Crippen molar-refractivity contribution in [1.29, 1.82) is 0 Å². The van der Waals surface area contributed by atoms with Crippen molar-refractivity contribution in [3.8, 4) is 11.3 Å². The number of aryl methyl sites for hydroxylation is 1. The molecule has 130 valence electrons. The first-order chi connectivity index (χ1) is 12.1. The Hall–Kier alpha value is -3.34. The number of unbranched alkanes of at least 4 members (excludes halogenated alkanes) is 1. The summed E-state index contributed by atoms with van der Waals surface area (Å²) in [6.07, 6.45) is 5.99. The second-order valence-corrected chi connectivity index (χ2v) is 5.35. The van der Waals surface area contributed by atoms with Gasteiger partial charge in [0.25, 0.3) is 0 Å². The number of hydrogen-bond donors (Lipinski definition) is 4. The number of nitrogens with two attached hydrogens (primary N) is 2. The van der Waals surface area contributed by atoms with Crippen molar-refractivity contribution in [2.24, 2.45) is 0 Å². The Morgan fingerprint density at radius 1 is 1.16 bits per heavy atom. The SMILES string of the molecule is Nc1ncc(-c2nn(CCCCC(=O)NO)c3ncnc(N)c23)cn1. The van der Waals surface area contributed by atoms with Crippen molar-refractivity contribution in [1.82, 2.24) is 35.2 Å². The Kier molecular flexibility index (Phi) is 4.66. The number of nitrogen functional groups attached to an aromatic ring is 2. The summed E-state index contributed by atoms with van der Waals surface area (Å²) in [5.74, 6) is 0.0539. The number of carbonyl (C=O) groups excluding carboxylic acids is 1. The number of carbonyl (C=O) groups is 1. The van der Waals surface area contributed by atoms with E-state index in [1.165, 1.54) is 6.33 Å². The van der Waals surface area contributed by atoms with Gasteiger partial charge in [-0.1, -0.05) is 0 Å². The van der Waals surface area contributed by atoms with Gasteiger partial charge in [0.05, 0.1) is 5.39 Å². The number of fused-ring (bicyclic) bond motifs is 1. The molecule has 0 aromatic carbocycles. The third-order valence-corrected chi connectivity index (χ3v) is 3.65. The van der Waals surface area contributed by atoms with Crippen LogP contribution in [0.4, 0.5) is 11.8 Å². The predicted molar refractivity (Wildman–Crippen MR) is 89.0 cm³/mol. The quantitative estimate of drug-likeness (QED) is 0.275. The van der Waals surface area contributed by atoms with Gasteiger partial charge in [-0.2, -0.15) is 5.10 Å². The lowest BCUT2D eigenvalue weighted by Gasteiger charge is -2.02. The monoisotopic (exact) mass is 343 g/mol. The molecule has 0 unspecified atom stereocenters. The van der Waals surface area contributed by atoms with E-state index in [1.807, 2.05) is 0 Å². The fraction of sp³-hybridized carbons (Fsp3) is 0.286. The predicted octanol–water partition coefficient (Wildman–Crippen LogP) is 0.123. The molecule has 0 aliphatic heterocycles. The molecule has 0 atom stereocenters. The van der Waals surface area contributed by atoms with Gasteiger partial charge in [-0.05, 0) is 12.8 Å². The van der Waals surface area contributed by atoms with Gasteiger partial charge < -0.3 is 11.5 Å². The Balaban J connectivity index is 1.90. The molecule has 0 saturated heterocycles. The Bertz CT molecular complexity index is 891. The van der Waals surface area contributed by atoms with Gasteiger partial charge in [0.1, 0.15) is 17.8 Å². The first-order valence-electron chi connectivity index (χ1n) is 7.58. The zero-order chi connectivity index (χ0) is 17.8. The summed E-state index contributed by atoms with van der Waals surface area (Å²) in [4.78, 5) is 27.3. The van der Waals surface area contributed by atoms with Gasteiger partial charge >= 0.3 is 0 Å². The summed E-state index contributed by atoms with van der Waals surface area (Å²) < 4.78 is 1.70. The van der Waals surface area contributed by atoms with Crippen LogP contribution in [0.5, 0.6) is 0 Å². The van der Waals surface area contributed by atoms with E-state index >= 15 is 0 Å². The molecular weight excluding hydrogens is 326 g/mol. The van der Waals surface area contributed by atoms with Crippen molar-refractivity contribution in [2.75, 3.05) is 11.5 Å². The number of rotatable bonds is 6. The minimum atomic E-state index is -0.420. The van der Waals surface area contributed by atoms with Crippen LogP contribution in [0.15, 0.2) is 18.7 Å². The maximum absolute atomic E-state index is 11.1. The van der Waals surface area contributed by atoms with Crippen LogP contribution in [0.25, 0.3) is 22.3 Å². The molecule has 11 nitrogen and oxygen atoms in total. The molecule has 0 bridgehead atoms. The van der Waals surface area contributed by atoms with Crippen LogP contribution in [-0.4, -0.2) is 40.8 Å². The van der Waals surface area contributed by atoms with Crippen LogP contribution in [-0.2, 0) is 11.3 Å². The van der Waals surface area contributed by atoms with Gasteiger partial charge in [-0.25, -0.2) is 30.1 Å². The van der Waals surface area contributed by atoms with Crippen LogP contribution in [0.3, 0.4) is 0 Å². The molecule has 0 saturated carbocycles. The molecule has 0 radical (unpaired) electrons. The van der Waals surface area contributed by atoms with E-state index in [9.17, 15) is 4.79 Å². The summed E-state index contributed by atoms with van der Waals surface area (Å²) in [5, 5.41) is 13.7. The standard InChI is InChI=1S/C14H17N9O2/c15-12-10-11(8-5-17-14(16)18-6-8)21-23(13(10)20-7-19-12)4-2-1-3-9(24)22-25/h5-7,25H,1-4H2,(H,22,24)(H2,15,19,20)(H2,16,17,18). The number of aromatic nitrogens is 6. The zero-order valence-electron chi connectivity index (χ0n) is 13.3. The first kappa shape index (κ1) is 16.5. The highest BCUT2D eigenvalue weighted by atomic mass is 16.5.